The van der Waals surface area contributed by atoms with Crippen molar-refractivity contribution >= 4 is 33.2 Å². The monoisotopic (exact) mass is 477 g/mol. The van der Waals surface area contributed by atoms with Crippen LogP contribution in [0.5, 0.6) is 0 Å². The van der Waals surface area contributed by atoms with E-state index in [4.69, 9.17) is 0 Å². The van der Waals surface area contributed by atoms with Crippen LogP contribution in [0.4, 0.5) is 11.4 Å². The Labute approximate surface area is 200 Å². The molecule has 8 heteroatoms. The smallest absolute Gasteiger partial charge is 0.264 e. The minimum Gasteiger partial charge on any atom is -0.350 e. The van der Waals surface area contributed by atoms with Crippen LogP contribution in [-0.4, -0.2) is 33.3 Å². The van der Waals surface area contributed by atoms with Crippen molar-refractivity contribution in [1.29, 1.82) is 0 Å². The van der Waals surface area contributed by atoms with Gasteiger partial charge < -0.3 is 10.2 Å². The minimum atomic E-state index is -3.94. The second-order valence-corrected chi connectivity index (χ2v) is 10.1. The van der Waals surface area contributed by atoms with Crippen molar-refractivity contribution in [3.8, 4) is 0 Å². The molecule has 3 aromatic rings. The van der Waals surface area contributed by atoms with E-state index in [0.29, 0.717) is 18.7 Å². The van der Waals surface area contributed by atoms with Gasteiger partial charge in [-0.3, -0.25) is 13.9 Å². The molecule has 0 atom stereocenters. The molecule has 0 unspecified atom stereocenters. The van der Waals surface area contributed by atoms with E-state index in [9.17, 15) is 18.0 Å². The number of carbonyl (C=O) groups excluding carboxylic acids is 2. The predicted octanol–water partition coefficient (Wildman–Crippen LogP) is 3.63. The van der Waals surface area contributed by atoms with Gasteiger partial charge in [-0.15, -0.1) is 0 Å². The van der Waals surface area contributed by atoms with Gasteiger partial charge in [-0.1, -0.05) is 48.0 Å². The van der Waals surface area contributed by atoms with Crippen LogP contribution in [0.3, 0.4) is 0 Å². The number of aryl methyl sites for hydroxylation is 1. The molecule has 0 bridgehead atoms. The summed E-state index contributed by atoms with van der Waals surface area (Å²) in [7, 11) is -3.94. The predicted molar refractivity (Wildman–Crippen MR) is 132 cm³/mol. The van der Waals surface area contributed by atoms with Gasteiger partial charge in [0.2, 0.25) is 11.8 Å². The maximum atomic E-state index is 13.4. The lowest BCUT2D eigenvalue weighted by molar-refractivity contribution is -0.120. The Bertz CT molecular complexity index is 1270. The average Bonchev–Trinajstić information content (AvgIpc) is 3.28. The van der Waals surface area contributed by atoms with Crippen molar-refractivity contribution in [2.45, 2.75) is 31.2 Å². The van der Waals surface area contributed by atoms with E-state index in [1.54, 1.807) is 35.2 Å². The molecule has 0 aliphatic carbocycles. The molecular formula is C26H27N3O4S. The van der Waals surface area contributed by atoms with E-state index < -0.39 is 15.9 Å². The molecule has 1 aliphatic rings. The van der Waals surface area contributed by atoms with Crippen LogP contribution in [-0.2, 0) is 26.2 Å². The number of hydrogen-bond donors (Lipinski definition) is 1. The third-order valence-electron chi connectivity index (χ3n) is 5.73. The Morgan fingerprint density at radius 1 is 1.00 bits per heavy atom. The number of rotatable bonds is 8. The molecule has 0 spiro atoms. The number of sulfonamides is 1. The third kappa shape index (κ3) is 5.28. The molecule has 0 aromatic heterocycles. The van der Waals surface area contributed by atoms with Gasteiger partial charge in [-0.25, -0.2) is 8.42 Å². The third-order valence-corrected chi connectivity index (χ3v) is 7.51. The standard InChI is InChI=1S/C26H27N3O4S/c1-20-12-14-22(15-13-20)29(34(32,33)24-9-3-2-4-10-24)19-25(30)27-18-21-7-5-8-23(17-21)28-16-6-11-26(28)31/h2-5,7-10,12-15,17H,6,11,16,18-19H2,1H3,(H,27,30). The highest BCUT2D eigenvalue weighted by Crippen LogP contribution is 2.24. The number of anilines is 2. The lowest BCUT2D eigenvalue weighted by atomic mass is 10.2. The van der Waals surface area contributed by atoms with Crippen molar-refractivity contribution in [2.75, 3.05) is 22.3 Å². The van der Waals surface area contributed by atoms with Gasteiger partial charge in [-0.2, -0.15) is 0 Å². The molecule has 1 saturated heterocycles. The van der Waals surface area contributed by atoms with E-state index in [-0.39, 0.29) is 23.9 Å². The molecule has 0 saturated carbocycles. The molecule has 1 aliphatic heterocycles. The largest absolute Gasteiger partial charge is 0.350 e. The highest BCUT2D eigenvalue weighted by atomic mass is 32.2. The topological polar surface area (TPSA) is 86.8 Å². The Kier molecular flexibility index (Phi) is 6.98. The molecule has 4 rings (SSSR count). The van der Waals surface area contributed by atoms with Gasteiger partial charge in [0.05, 0.1) is 10.6 Å². The highest BCUT2D eigenvalue weighted by molar-refractivity contribution is 7.92. The van der Waals surface area contributed by atoms with Gasteiger partial charge >= 0.3 is 0 Å². The molecule has 3 aromatic carbocycles. The van der Waals surface area contributed by atoms with Gasteiger partial charge in [0.1, 0.15) is 6.54 Å². The summed E-state index contributed by atoms with van der Waals surface area (Å²) >= 11 is 0. The summed E-state index contributed by atoms with van der Waals surface area (Å²) in [6, 6.07) is 22.5. The van der Waals surface area contributed by atoms with Crippen LogP contribution in [0.2, 0.25) is 0 Å². The first-order valence-corrected chi connectivity index (χ1v) is 12.6. The Hall–Kier alpha value is -3.65. The van der Waals surface area contributed by atoms with Crippen LogP contribution in [0.15, 0.2) is 83.8 Å². The van der Waals surface area contributed by atoms with Gasteiger partial charge in [0.25, 0.3) is 10.0 Å². The van der Waals surface area contributed by atoms with Crippen molar-refractivity contribution in [2.24, 2.45) is 0 Å². The average molecular weight is 478 g/mol. The second kappa shape index (κ2) is 10.1. The fraction of sp³-hybridized carbons (Fsp3) is 0.231. The SMILES string of the molecule is Cc1ccc(N(CC(=O)NCc2cccc(N3CCCC3=O)c2)S(=O)(=O)c2ccccc2)cc1. The number of hydrogen-bond acceptors (Lipinski definition) is 4. The number of carbonyl (C=O) groups is 2. The molecule has 34 heavy (non-hydrogen) atoms. The number of benzene rings is 3. The molecule has 1 heterocycles. The number of nitrogens with one attached hydrogen (secondary N) is 1. The zero-order chi connectivity index (χ0) is 24.1. The van der Waals surface area contributed by atoms with Crippen molar-refractivity contribution in [1.82, 2.24) is 5.32 Å². The summed E-state index contributed by atoms with van der Waals surface area (Å²) in [6.07, 6.45) is 1.39. The van der Waals surface area contributed by atoms with Crippen molar-refractivity contribution in [3.63, 3.8) is 0 Å². The summed E-state index contributed by atoms with van der Waals surface area (Å²) in [5.74, 6) is -0.330. The zero-order valence-corrected chi connectivity index (χ0v) is 19.8. The first kappa shape index (κ1) is 23.5. The molecular weight excluding hydrogens is 450 g/mol. The lowest BCUT2D eigenvalue weighted by Gasteiger charge is -2.24. The molecule has 2 amide bonds. The van der Waals surface area contributed by atoms with Crippen molar-refractivity contribution in [3.05, 3.63) is 90.0 Å². The van der Waals surface area contributed by atoms with Crippen molar-refractivity contribution < 1.29 is 18.0 Å². The molecule has 176 valence electrons. The van der Waals surface area contributed by atoms with Crippen LogP contribution >= 0.6 is 0 Å². The maximum Gasteiger partial charge on any atom is 0.264 e. The van der Waals surface area contributed by atoms with Crippen LogP contribution in [0.25, 0.3) is 0 Å². The molecule has 7 nitrogen and oxygen atoms in total. The molecule has 1 N–H and O–H groups in total. The number of nitrogens with zero attached hydrogens (tertiary/aromatic N) is 2. The summed E-state index contributed by atoms with van der Waals surface area (Å²) in [6.45, 7) is 2.47. The maximum absolute atomic E-state index is 13.4. The molecule has 1 fully saturated rings. The fourth-order valence-electron chi connectivity index (χ4n) is 3.89. The van der Waals surface area contributed by atoms with Crippen LogP contribution < -0.4 is 14.5 Å². The van der Waals surface area contributed by atoms with Gasteiger partial charge in [-0.05, 0) is 55.3 Å². The zero-order valence-electron chi connectivity index (χ0n) is 19.0. The first-order valence-electron chi connectivity index (χ1n) is 11.1. The van der Waals surface area contributed by atoms with E-state index in [2.05, 4.69) is 5.32 Å². The van der Waals surface area contributed by atoms with Gasteiger partial charge in [0.15, 0.2) is 0 Å². The van der Waals surface area contributed by atoms with Gasteiger partial charge in [0, 0.05) is 25.2 Å². The number of amides is 2. The van der Waals surface area contributed by atoms with Crippen LogP contribution in [0, 0.1) is 6.92 Å². The summed E-state index contributed by atoms with van der Waals surface area (Å²) < 4.78 is 27.8. The Balaban J connectivity index is 1.50. The normalized spacial score (nSPS) is 13.7. The van der Waals surface area contributed by atoms with E-state index >= 15 is 0 Å². The minimum absolute atomic E-state index is 0.0982. The van der Waals surface area contributed by atoms with E-state index in [0.717, 1.165) is 27.5 Å². The summed E-state index contributed by atoms with van der Waals surface area (Å²) in [5, 5.41) is 2.81. The van der Waals surface area contributed by atoms with Crippen LogP contribution in [0.1, 0.15) is 24.0 Å². The first-order chi connectivity index (χ1) is 16.3. The summed E-state index contributed by atoms with van der Waals surface area (Å²) in [5.41, 5.74) is 3.04. The Morgan fingerprint density at radius 2 is 1.74 bits per heavy atom. The highest BCUT2D eigenvalue weighted by Gasteiger charge is 2.27. The Morgan fingerprint density at radius 3 is 2.41 bits per heavy atom. The summed E-state index contributed by atoms with van der Waals surface area (Å²) in [4.78, 5) is 26.8. The lowest BCUT2D eigenvalue weighted by Crippen LogP contribution is -2.40. The van der Waals surface area contributed by atoms with E-state index in [1.807, 2.05) is 43.3 Å². The quantitative estimate of drug-likeness (QED) is 0.537. The fourth-order valence-corrected chi connectivity index (χ4v) is 5.33. The second-order valence-electron chi connectivity index (χ2n) is 8.26. The molecule has 0 radical (unpaired) electrons. The van der Waals surface area contributed by atoms with E-state index in [1.165, 1.54) is 12.1 Å².